The summed E-state index contributed by atoms with van der Waals surface area (Å²) < 4.78 is 6.34. The summed E-state index contributed by atoms with van der Waals surface area (Å²) in [5.74, 6) is 1.10. The van der Waals surface area contributed by atoms with Crippen molar-refractivity contribution in [3.05, 3.63) is 28.8 Å². The normalized spacial score (nSPS) is 31.0. The Kier molecular flexibility index (Phi) is 3.77. The van der Waals surface area contributed by atoms with Crippen molar-refractivity contribution >= 4 is 15.9 Å². The molecule has 1 aliphatic rings. The third-order valence-electron chi connectivity index (χ3n) is 4.77. The monoisotopic (exact) mass is 310 g/mol. The van der Waals surface area contributed by atoms with Gasteiger partial charge in [-0.25, -0.2) is 0 Å². The van der Waals surface area contributed by atoms with Gasteiger partial charge in [-0.2, -0.15) is 0 Å². The summed E-state index contributed by atoms with van der Waals surface area (Å²) in [5, 5.41) is 0. The van der Waals surface area contributed by atoms with E-state index in [0.717, 1.165) is 18.6 Å². The van der Waals surface area contributed by atoms with Crippen LogP contribution < -0.4 is 4.74 Å². The van der Waals surface area contributed by atoms with E-state index < -0.39 is 0 Å². The van der Waals surface area contributed by atoms with E-state index >= 15 is 0 Å². The molecular formula is C16H23BrO. The highest BCUT2D eigenvalue weighted by Gasteiger charge is 2.51. The maximum Gasteiger partial charge on any atom is 0.125 e. The lowest BCUT2D eigenvalue weighted by Gasteiger charge is -2.51. The Labute approximate surface area is 119 Å². The summed E-state index contributed by atoms with van der Waals surface area (Å²) in [6, 6.07) is 4.33. The number of halogens is 1. The molecule has 1 fully saturated rings. The Morgan fingerprint density at radius 2 is 1.89 bits per heavy atom. The molecule has 1 aromatic rings. The van der Waals surface area contributed by atoms with Crippen LogP contribution in [0.15, 0.2) is 12.1 Å². The van der Waals surface area contributed by atoms with Crippen LogP contribution in [0.3, 0.4) is 0 Å². The van der Waals surface area contributed by atoms with Crippen molar-refractivity contribution in [2.75, 3.05) is 0 Å². The molecule has 0 heterocycles. The maximum absolute atomic E-state index is 6.34. The smallest absolute Gasteiger partial charge is 0.125 e. The second kappa shape index (κ2) is 4.88. The quantitative estimate of drug-likeness (QED) is 0.718. The minimum Gasteiger partial charge on any atom is -0.489 e. The standard InChI is InChI=1S/C16H23BrO/c1-6-16(5)13(17)9-14(16)18-15-11(3)8-7-10(2)12(15)4/h7-8,13-14H,6,9H2,1-5H3. The van der Waals surface area contributed by atoms with E-state index in [1.54, 1.807) is 0 Å². The van der Waals surface area contributed by atoms with Crippen molar-refractivity contribution in [3.63, 3.8) is 0 Å². The van der Waals surface area contributed by atoms with Gasteiger partial charge in [-0.05, 0) is 50.3 Å². The summed E-state index contributed by atoms with van der Waals surface area (Å²) in [7, 11) is 0. The van der Waals surface area contributed by atoms with Gasteiger partial charge in [-0.3, -0.25) is 0 Å². The molecule has 0 saturated heterocycles. The SMILES string of the molecule is CCC1(C)C(Br)CC1Oc1c(C)ccc(C)c1C. The van der Waals surface area contributed by atoms with Gasteiger partial charge in [-0.15, -0.1) is 0 Å². The van der Waals surface area contributed by atoms with E-state index in [2.05, 4.69) is 62.7 Å². The highest BCUT2D eigenvalue weighted by atomic mass is 79.9. The van der Waals surface area contributed by atoms with E-state index in [1.165, 1.54) is 16.7 Å². The fourth-order valence-electron chi connectivity index (χ4n) is 2.65. The first kappa shape index (κ1) is 13.9. The molecule has 0 radical (unpaired) electrons. The van der Waals surface area contributed by atoms with Crippen molar-refractivity contribution in [2.24, 2.45) is 5.41 Å². The Morgan fingerprint density at radius 3 is 2.44 bits per heavy atom. The zero-order chi connectivity index (χ0) is 13.5. The predicted octanol–water partition coefficient (Wildman–Crippen LogP) is 4.94. The first-order chi connectivity index (χ1) is 8.40. The zero-order valence-corrected chi connectivity index (χ0v) is 13.6. The average molecular weight is 311 g/mol. The largest absolute Gasteiger partial charge is 0.489 e. The summed E-state index contributed by atoms with van der Waals surface area (Å²) >= 11 is 3.77. The summed E-state index contributed by atoms with van der Waals surface area (Å²) in [6.45, 7) is 11.0. The minimum atomic E-state index is 0.266. The topological polar surface area (TPSA) is 9.23 Å². The minimum absolute atomic E-state index is 0.266. The van der Waals surface area contributed by atoms with Crippen molar-refractivity contribution in [1.29, 1.82) is 0 Å². The number of rotatable bonds is 3. The fraction of sp³-hybridized carbons (Fsp3) is 0.625. The molecule has 18 heavy (non-hydrogen) atoms. The van der Waals surface area contributed by atoms with Crippen LogP contribution in [-0.2, 0) is 0 Å². The van der Waals surface area contributed by atoms with Gasteiger partial charge in [0.2, 0.25) is 0 Å². The van der Waals surface area contributed by atoms with Gasteiger partial charge in [0.05, 0.1) is 0 Å². The average Bonchev–Trinajstić information content (AvgIpc) is 2.36. The van der Waals surface area contributed by atoms with Gasteiger partial charge in [0, 0.05) is 10.2 Å². The van der Waals surface area contributed by atoms with E-state index in [1.807, 2.05) is 0 Å². The lowest BCUT2D eigenvalue weighted by molar-refractivity contribution is -0.0251. The molecule has 3 unspecified atom stereocenters. The number of alkyl halides is 1. The lowest BCUT2D eigenvalue weighted by Crippen LogP contribution is -2.54. The van der Waals surface area contributed by atoms with Crippen molar-refractivity contribution in [1.82, 2.24) is 0 Å². The number of ether oxygens (including phenoxy) is 1. The second-order valence-corrected chi connectivity index (χ2v) is 6.93. The van der Waals surface area contributed by atoms with Crippen molar-refractivity contribution < 1.29 is 4.74 Å². The molecule has 100 valence electrons. The molecule has 0 spiro atoms. The zero-order valence-electron chi connectivity index (χ0n) is 12.0. The summed E-state index contributed by atoms with van der Waals surface area (Å²) in [6.07, 6.45) is 2.60. The molecule has 0 aliphatic heterocycles. The molecule has 3 atom stereocenters. The second-order valence-electron chi connectivity index (χ2n) is 5.82. The molecule has 0 bridgehead atoms. The van der Waals surface area contributed by atoms with Crippen LogP contribution in [0, 0.1) is 26.2 Å². The number of aryl methyl sites for hydroxylation is 2. The van der Waals surface area contributed by atoms with Crippen molar-refractivity contribution in [2.45, 2.75) is 58.4 Å². The van der Waals surface area contributed by atoms with Gasteiger partial charge >= 0.3 is 0 Å². The van der Waals surface area contributed by atoms with Crippen LogP contribution in [-0.4, -0.2) is 10.9 Å². The summed E-state index contributed by atoms with van der Waals surface area (Å²) in [5.41, 5.74) is 4.10. The molecule has 2 heteroatoms. The van der Waals surface area contributed by atoms with Gasteiger partial charge in [0.15, 0.2) is 0 Å². The Bertz CT molecular complexity index is 455. The summed E-state index contributed by atoms with van der Waals surface area (Å²) in [4.78, 5) is 0.588. The maximum atomic E-state index is 6.34. The molecule has 0 N–H and O–H groups in total. The Hall–Kier alpha value is -0.500. The number of benzene rings is 1. The third kappa shape index (κ3) is 2.09. The van der Waals surface area contributed by atoms with E-state index in [9.17, 15) is 0 Å². The van der Waals surface area contributed by atoms with Gasteiger partial charge < -0.3 is 4.74 Å². The van der Waals surface area contributed by atoms with Gasteiger partial charge in [0.1, 0.15) is 11.9 Å². The number of hydrogen-bond donors (Lipinski definition) is 0. The molecule has 1 aliphatic carbocycles. The van der Waals surface area contributed by atoms with Crippen LogP contribution in [0.4, 0.5) is 0 Å². The molecule has 1 nitrogen and oxygen atoms in total. The van der Waals surface area contributed by atoms with Crippen molar-refractivity contribution in [3.8, 4) is 5.75 Å². The predicted molar refractivity (Wildman–Crippen MR) is 80.8 cm³/mol. The molecule has 1 saturated carbocycles. The van der Waals surface area contributed by atoms with E-state index in [-0.39, 0.29) is 5.41 Å². The van der Waals surface area contributed by atoms with E-state index in [0.29, 0.717) is 10.9 Å². The first-order valence-electron chi connectivity index (χ1n) is 6.77. The Balaban J connectivity index is 2.24. The number of hydrogen-bond acceptors (Lipinski definition) is 1. The molecule has 1 aromatic carbocycles. The van der Waals surface area contributed by atoms with Crippen LogP contribution >= 0.6 is 15.9 Å². The third-order valence-corrected chi connectivity index (χ3v) is 6.19. The Morgan fingerprint density at radius 1 is 1.28 bits per heavy atom. The molecule has 2 rings (SSSR count). The highest BCUT2D eigenvalue weighted by molar-refractivity contribution is 9.09. The fourth-order valence-corrected chi connectivity index (χ4v) is 3.61. The molecule has 0 aromatic heterocycles. The van der Waals surface area contributed by atoms with Gasteiger partial charge in [-0.1, -0.05) is 41.9 Å². The van der Waals surface area contributed by atoms with Crippen LogP contribution in [0.1, 0.15) is 43.4 Å². The van der Waals surface area contributed by atoms with E-state index in [4.69, 9.17) is 4.74 Å². The van der Waals surface area contributed by atoms with Crippen LogP contribution in [0.5, 0.6) is 5.75 Å². The lowest BCUT2D eigenvalue weighted by atomic mass is 9.65. The molecule has 0 amide bonds. The first-order valence-corrected chi connectivity index (χ1v) is 7.69. The van der Waals surface area contributed by atoms with Crippen LogP contribution in [0.25, 0.3) is 0 Å². The molecular weight excluding hydrogens is 288 g/mol. The van der Waals surface area contributed by atoms with Gasteiger partial charge in [0.25, 0.3) is 0 Å². The highest BCUT2D eigenvalue weighted by Crippen LogP contribution is 2.50. The van der Waals surface area contributed by atoms with Crippen LogP contribution in [0.2, 0.25) is 0 Å².